The molecule has 0 amide bonds. The fourth-order valence-electron chi connectivity index (χ4n) is 3.46. The van der Waals surface area contributed by atoms with Crippen molar-refractivity contribution in [3.8, 4) is 0 Å². The van der Waals surface area contributed by atoms with Gasteiger partial charge in [-0.2, -0.15) is 4.98 Å². The lowest BCUT2D eigenvalue weighted by atomic mass is 10.1. The number of piperidine rings is 1. The first-order valence-electron chi connectivity index (χ1n) is 8.90. The Kier molecular flexibility index (Phi) is 4.48. The van der Waals surface area contributed by atoms with Gasteiger partial charge in [0, 0.05) is 38.4 Å². The Bertz CT molecular complexity index is 727. The molecular weight excluding hydrogens is 320 g/mol. The third-order valence-electron chi connectivity index (χ3n) is 4.80. The van der Waals surface area contributed by atoms with Crippen molar-refractivity contribution < 1.29 is 4.74 Å². The molecule has 4 heterocycles. The molecule has 2 fully saturated rings. The summed E-state index contributed by atoms with van der Waals surface area (Å²) in [6, 6.07) is 2.05. The first kappa shape index (κ1) is 16.2. The van der Waals surface area contributed by atoms with E-state index in [2.05, 4.69) is 30.3 Å². The van der Waals surface area contributed by atoms with Crippen molar-refractivity contribution in [1.29, 1.82) is 0 Å². The Morgan fingerprint density at radius 2 is 1.92 bits per heavy atom. The smallest absolute Gasteiger partial charge is 0.227 e. The number of anilines is 2. The molecule has 2 aromatic heterocycles. The lowest BCUT2D eigenvalue weighted by Gasteiger charge is -2.34. The summed E-state index contributed by atoms with van der Waals surface area (Å²) in [5, 5.41) is 11.7. The van der Waals surface area contributed by atoms with Crippen molar-refractivity contribution in [1.82, 2.24) is 30.2 Å². The van der Waals surface area contributed by atoms with Crippen LogP contribution in [0.4, 0.5) is 11.8 Å². The quantitative estimate of drug-likeness (QED) is 0.811. The second-order valence-corrected chi connectivity index (χ2v) is 6.68. The Labute approximate surface area is 147 Å². The summed E-state index contributed by atoms with van der Waals surface area (Å²) in [5.41, 5.74) is 0.994. The first-order valence-corrected chi connectivity index (χ1v) is 8.90. The second-order valence-electron chi connectivity index (χ2n) is 6.68. The predicted octanol–water partition coefficient (Wildman–Crippen LogP) is 0.877. The van der Waals surface area contributed by atoms with Gasteiger partial charge >= 0.3 is 0 Å². The third-order valence-corrected chi connectivity index (χ3v) is 4.80. The van der Waals surface area contributed by atoms with Crippen LogP contribution < -0.4 is 9.80 Å². The van der Waals surface area contributed by atoms with Crippen LogP contribution in [0.1, 0.15) is 36.9 Å². The maximum atomic E-state index is 5.87. The van der Waals surface area contributed by atoms with Crippen LogP contribution in [0.15, 0.2) is 6.07 Å². The highest BCUT2D eigenvalue weighted by Crippen LogP contribution is 2.25. The van der Waals surface area contributed by atoms with Crippen molar-refractivity contribution in [2.45, 2.75) is 32.3 Å². The summed E-state index contributed by atoms with van der Waals surface area (Å²) in [5.74, 6) is 2.54. The molecule has 2 aliphatic heterocycles. The molecule has 9 heteroatoms. The van der Waals surface area contributed by atoms with E-state index >= 15 is 0 Å². The fourth-order valence-corrected chi connectivity index (χ4v) is 3.46. The molecule has 0 spiro atoms. The zero-order valence-electron chi connectivity index (χ0n) is 14.8. The lowest BCUT2D eigenvalue weighted by molar-refractivity contribution is 0.0313. The van der Waals surface area contributed by atoms with E-state index in [0.717, 1.165) is 42.9 Å². The number of nitrogens with zero attached hydrogens (tertiary/aromatic N) is 8. The Morgan fingerprint density at radius 3 is 2.68 bits per heavy atom. The number of aryl methyl sites for hydroxylation is 2. The summed E-state index contributed by atoms with van der Waals surface area (Å²) in [4.78, 5) is 14.0. The third kappa shape index (κ3) is 3.41. The minimum Gasteiger partial charge on any atom is -0.366 e. The van der Waals surface area contributed by atoms with Gasteiger partial charge in [-0.3, -0.25) is 0 Å². The van der Waals surface area contributed by atoms with Crippen molar-refractivity contribution in [2.75, 3.05) is 42.6 Å². The molecule has 25 heavy (non-hydrogen) atoms. The van der Waals surface area contributed by atoms with Gasteiger partial charge in [-0.15, -0.1) is 5.10 Å². The van der Waals surface area contributed by atoms with Gasteiger partial charge in [0.25, 0.3) is 0 Å². The van der Waals surface area contributed by atoms with Crippen LogP contribution in [-0.2, 0) is 11.8 Å². The molecule has 2 saturated heterocycles. The van der Waals surface area contributed by atoms with Gasteiger partial charge in [0.1, 0.15) is 11.9 Å². The van der Waals surface area contributed by atoms with E-state index < -0.39 is 0 Å². The normalized spacial score (nSPS) is 21.6. The Morgan fingerprint density at radius 1 is 1.08 bits per heavy atom. The molecule has 0 aliphatic carbocycles. The summed E-state index contributed by atoms with van der Waals surface area (Å²) < 4.78 is 7.54. The Balaban J connectivity index is 1.56. The Hall–Kier alpha value is -2.29. The molecule has 0 saturated carbocycles. The second kappa shape index (κ2) is 6.91. The summed E-state index contributed by atoms with van der Waals surface area (Å²) in [6.45, 7) is 6.23. The molecule has 9 nitrogen and oxygen atoms in total. The molecule has 1 unspecified atom stereocenters. The summed E-state index contributed by atoms with van der Waals surface area (Å²) >= 11 is 0. The number of aromatic nitrogens is 6. The molecule has 2 aromatic rings. The topological polar surface area (TPSA) is 85.1 Å². The van der Waals surface area contributed by atoms with E-state index in [9.17, 15) is 0 Å². The molecule has 0 radical (unpaired) electrons. The molecule has 0 aromatic carbocycles. The average Bonchev–Trinajstić information content (AvgIpc) is 3.08. The van der Waals surface area contributed by atoms with Crippen LogP contribution in [0.5, 0.6) is 0 Å². The van der Waals surface area contributed by atoms with Crippen LogP contribution >= 0.6 is 0 Å². The van der Waals surface area contributed by atoms with Crippen molar-refractivity contribution in [2.24, 2.45) is 7.05 Å². The lowest BCUT2D eigenvalue weighted by Crippen LogP contribution is -2.40. The molecule has 2 aliphatic rings. The van der Waals surface area contributed by atoms with E-state index in [4.69, 9.17) is 9.72 Å². The minimum atomic E-state index is -0.151. The van der Waals surface area contributed by atoms with Crippen molar-refractivity contribution >= 4 is 11.8 Å². The van der Waals surface area contributed by atoms with Crippen LogP contribution in [-0.4, -0.2) is 63.0 Å². The van der Waals surface area contributed by atoms with E-state index in [1.807, 2.05) is 20.0 Å². The number of hydrogen-bond donors (Lipinski definition) is 0. The molecule has 0 bridgehead atoms. The van der Waals surface area contributed by atoms with E-state index in [1.165, 1.54) is 19.3 Å². The zero-order chi connectivity index (χ0) is 17.2. The molecule has 4 rings (SSSR count). The summed E-state index contributed by atoms with van der Waals surface area (Å²) in [7, 11) is 1.83. The van der Waals surface area contributed by atoms with E-state index in [1.54, 1.807) is 4.68 Å². The van der Waals surface area contributed by atoms with Crippen molar-refractivity contribution in [3.05, 3.63) is 17.6 Å². The molecule has 1 atom stereocenters. The van der Waals surface area contributed by atoms with Crippen LogP contribution in [0.3, 0.4) is 0 Å². The van der Waals surface area contributed by atoms with Gasteiger partial charge in [-0.1, -0.05) is 0 Å². The van der Waals surface area contributed by atoms with Gasteiger partial charge in [0.05, 0.1) is 13.2 Å². The number of morpholine rings is 1. The van der Waals surface area contributed by atoms with Gasteiger partial charge in [-0.05, 0) is 36.6 Å². The van der Waals surface area contributed by atoms with E-state index in [-0.39, 0.29) is 6.10 Å². The van der Waals surface area contributed by atoms with E-state index in [0.29, 0.717) is 13.2 Å². The number of rotatable bonds is 3. The van der Waals surface area contributed by atoms with Gasteiger partial charge in [0.15, 0.2) is 5.82 Å². The number of hydrogen-bond acceptors (Lipinski definition) is 8. The highest BCUT2D eigenvalue weighted by atomic mass is 16.5. The first-order chi connectivity index (χ1) is 12.2. The maximum Gasteiger partial charge on any atom is 0.227 e. The van der Waals surface area contributed by atoms with Crippen LogP contribution in [0.2, 0.25) is 0 Å². The standard InChI is InChI=1S/C16H24N8O/c1-12-10-14(18-16(17-12)23-6-4-3-5-7-23)24-8-9-25-13(11-24)15-19-20-21-22(15)2/h10,13H,3-9,11H2,1-2H3. The maximum absolute atomic E-state index is 5.87. The number of tetrazole rings is 1. The van der Waals surface area contributed by atoms with Crippen LogP contribution in [0, 0.1) is 6.92 Å². The fraction of sp³-hybridized carbons (Fsp3) is 0.688. The molecular formula is C16H24N8O. The molecule has 0 N–H and O–H groups in total. The summed E-state index contributed by atoms with van der Waals surface area (Å²) in [6.07, 6.45) is 3.57. The van der Waals surface area contributed by atoms with Gasteiger partial charge in [-0.25, -0.2) is 9.67 Å². The van der Waals surface area contributed by atoms with Gasteiger partial charge in [0.2, 0.25) is 5.95 Å². The average molecular weight is 344 g/mol. The minimum absolute atomic E-state index is 0.151. The predicted molar refractivity (Wildman–Crippen MR) is 92.5 cm³/mol. The molecule has 134 valence electrons. The highest BCUT2D eigenvalue weighted by Gasteiger charge is 2.27. The van der Waals surface area contributed by atoms with Crippen molar-refractivity contribution in [3.63, 3.8) is 0 Å². The number of ether oxygens (including phenoxy) is 1. The highest BCUT2D eigenvalue weighted by molar-refractivity contribution is 5.46. The monoisotopic (exact) mass is 344 g/mol. The zero-order valence-corrected chi connectivity index (χ0v) is 14.8. The SMILES string of the molecule is Cc1cc(N2CCOC(c3nnnn3C)C2)nc(N2CCCCC2)n1. The largest absolute Gasteiger partial charge is 0.366 e. The van der Waals surface area contributed by atoms with Crippen LogP contribution in [0.25, 0.3) is 0 Å². The van der Waals surface area contributed by atoms with Gasteiger partial charge < -0.3 is 14.5 Å².